The van der Waals surface area contributed by atoms with Crippen molar-refractivity contribution in [3.8, 4) is 33.5 Å². The van der Waals surface area contributed by atoms with Crippen LogP contribution in [0, 0.1) is 5.92 Å². The van der Waals surface area contributed by atoms with E-state index in [9.17, 15) is 14.4 Å². The van der Waals surface area contributed by atoms with Gasteiger partial charge in [-0.2, -0.15) is 23.8 Å². The molecule has 2 aromatic heterocycles. The van der Waals surface area contributed by atoms with Gasteiger partial charge in [-0.15, -0.1) is 0 Å². The van der Waals surface area contributed by atoms with Crippen LogP contribution in [0.1, 0.15) is 42.3 Å². The molecule has 8 rings (SSSR count). The predicted octanol–water partition coefficient (Wildman–Crippen LogP) is 7.66. The summed E-state index contributed by atoms with van der Waals surface area (Å²) in [7, 11) is 2.33. The van der Waals surface area contributed by atoms with Crippen LogP contribution in [0.4, 0.5) is 13.6 Å². The number of nitrogens with zero attached hydrogens (tertiary/aromatic N) is 3. The van der Waals surface area contributed by atoms with Crippen molar-refractivity contribution in [2.24, 2.45) is 5.92 Å². The summed E-state index contributed by atoms with van der Waals surface area (Å²) in [6.07, 6.45) is 5.74. The largest absolute Gasteiger partial charge is 2.00 e. The van der Waals surface area contributed by atoms with Crippen LogP contribution in [0.3, 0.4) is 0 Å². The predicted molar refractivity (Wildman–Crippen MR) is 190 cm³/mol. The van der Waals surface area contributed by atoms with Crippen LogP contribution in [0.2, 0.25) is 0 Å². The molecule has 53 heavy (non-hydrogen) atoms. The summed E-state index contributed by atoms with van der Waals surface area (Å²) in [6, 6.07) is 17.9. The number of fused-ring (bicyclic) bond motifs is 6. The van der Waals surface area contributed by atoms with Crippen LogP contribution < -0.4 is 5.57 Å². The standard InChI is InChI=1S/C31H22F2N5O2P.C3H6NO.C2H5NO2.2V/c32-31(33)23-10-16(2-6-21(23)22-7-3-18(11-24(22)31)27-13-34-30(37-27)41-15-40)17-4-8-25-26(12-17)36-29(35-25)28-19-1-5-20(9-19)38(28)14-39;1-3(4)5-2;1-5-2(3)4;;/h2-4,6-8,10-13,19-20,28,41H,1,5,9H2,(H,34,37)(H,35,36);4H,1H2,2H3;1H3,(H2,3,4);;/q-2;-1;;2*+2/p-1/t19-,20+,28-;;;;/m0..../s1. The summed E-state index contributed by atoms with van der Waals surface area (Å²) in [5.41, 5.74) is 18.0. The zero-order valence-corrected chi connectivity index (χ0v) is 32.2. The van der Waals surface area contributed by atoms with E-state index in [1.165, 1.54) is 13.2 Å². The molecule has 3 aliphatic rings. The van der Waals surface area contributed by atoms with E-state index in [-0.39, 0.29) is 74.8 Å². The summed E-state index contributed by atoms with van der Waals surface area (Å²) < 4.78 is 39.8. The van der Waals surface area contributed by atoms with Gasteiger partial charge in [-0.3, -0.25) is 4.79 Å². The number of likely N-dealkylation sites (tertiary alicyclic amines) is 1. The number of methoxy groups -OCH3 is 2. The van der Waals surface area contributed by atoms with Gasteiger partial charge in [-0.1, -0.05) is 36.9 Å². The van der Waals surface area contributed by atoms with Crippen molar-refractivity contribution in [3.05, 3.63) is 102 Å². The average molecular weight is 814 g/mol. The molecule has 4 atom stereocenters. The maximum absolute atomic E-state index is 15.9. The van der Waals surface area contributed by atoms with Gasteiger partial charge in [0.25, 0.3) is 5.92 Å². The van der Waals surface area contributed by atoms with E-state index in [4.69, 9.17) is 16.5 Å². The molecule has 0 spiro atoms. The number of carbonyl (C=O) groups excluding carboxylic acids is 3. The fourth-order valence-corrected chi connectivity index (χ4v) is 7.39. The maximum atomic E-state index is 15.9. The van der Waals surface area contributed by atoms with Gasteiger partial charge in [0.05, 0.1) is 48.8 Å². The van der Waals surface area contributed by atoms with Crippen LogP contribution >= 0.6 is 8.58 Å². The molecule has 1 unspecified atom stereocenters. The first-order valence-electron chi connectivity index (χ1n) is 15.7. The van der Waals surface area contributed by atoms with Crippen molar-refractivity contribution in [2.75, 3.05) is 14.2 Å². The Kier molecular flexibility index (Phi) is 13.4. The third kappa shape index (κ3) is 8.22. The number of aromatic amines is 2. The third-order valence-corrected chi connectivity index (χ3v) is 9.89. The van der Waals surface area contributed by atoms with Crippen molar-refractivity contribution in [3.63, 3.8) is 0 Å². The van der Waals surface area contributed by atoms with Crippen molar-refractivity contribution < 1.29 is 69.7 Å². The molecule has 2 amide bonds. The first kappa shape index (κ1) is 41.3. The fourth-order valence-electron chi connectivity index (χ4n) is 6.97. The molecule has 2 fully saturated rings. The number of hydrogen-bond acceptors (Lipinski definition) is 7. The first-order valence-corrected chi connectivity index (χ1v) is 16.7. The number of hydrogen-bond donors (Lipinski definition) is 2. The van der Waals surface area contributed by atoms with Crippen LogP contribution in [-0.4, -0.2) is 63.6 Å². The molecule has 2 radical (unpaired) electrons. The van der Waals surface area contributed by atoms with E-state index < -0.39 is 12.0 Å². The summed E-state index contributed by atoms with van der Waals surface area (Å²) in [6.45, 7) is 3.12. The van der Waals surface area contributed by atoms with Crippen molar-refractivity contribution in [1.29, 1.82) is 0 Å². The first-order chi connectivity index (χ1) is 24.5. The summed E-state index contributed by atoms with van der Waals surface area (Å²) in [5.74, 6) is -2.04. The Bertz CT molecular complexity index is 2130. The zero-order valence-electron chi connectivity index (χ0n) is 28.4. The Morgan fingerprint density at radius 1 is 0.962 bits per heavy atom. The third-order valence-electron chi connectivity index (χ3n) is 9.30. The number of H-pyrrole nitrogens is 2. The van der Waals surface area contributed by atoms with Gasteiger partial charge in [-0.05, 0) is 71.7 Å². The van der Waals surface area contributed by atoms with E-state index in [1.807, 2.05) is 30.3 Å². The minimum Gasteiger partial charge on any atom is -0.669 e. The number of nitrogens with one attached hydrogen (secondary N) is 4. The second-order valence-electron chi connectivity index (χ2n) is 12.1. The number of halogens is 2. The Morgan fingerprint density at radius 2 is 1.57 bits per heavy atom. The number of ether oxygens (including phenoxy) is 2. The van der Waals surface area contributed by atoms with E-state index in [1.54, 1.807) is 35.4 Å². The van der Waals surface area contributed by atoms with Crippen LogP contribution in [-0.2, 0) is 62.1 Å². The Hall–Kier alpha value is -4.45. The second kappa shape index (κ2) is 17.1. The van der Waals surface area contributed by atoms with Gasteiger partial charge in [-0.25, -0.2) is 16.0 Å². The minimum atomic E-state index is -3.18. The van der Waals surface area contributed by atoms with Crippen molar-refractivity contribution in [1.82, 2.24) is 24.8 Å². The molecule has 4 N–H and O–H groups in total. The van der Waals surface area contributed by atoms with Crippen LogP contribution in [0.5, 0.6) is 0 Å². The molecule has 12 nitrogen and oxygen atoms in total. The van der Waals surface area contributed by atoms with Gasteiger partial charge in [0.15, 0.2) is 0 Å². The zero-order chi connectivity index (χ0) is 36.4. The molecule has 2 aliphatic carbocycles. The van der Waals surface area contributed by atoms with E-state index in [0.29, 0.717) is 39.4 Å². The molecule has 1 saturated carbocycles. The van der Waals surface area contributed by atoms with Gasteiger partial charge in [0.1, 0.15) is 5.82 Å². The molecule has 270 valence electrons. The average Bonchev–Trinajstić information content (AvgIpc) is 3.97. The van der Waals surface area contributed by atoms with Crippen LogP contribution in [0.25, 0.3) is 56.0 Å². The molecule has 17 heteroatoms. The summed E-state index contributed by atoms with van der Waals surface area (Å²) in [5, 5.41) is 0. The molecule has 1 saturated heterocycles. The van der Waals surface area contributed by atoms with Gasteiger partial charge < -0.3 is 45.4 Å². The summed E-state index contributed by atoms with van der Waals surface area (Å²) >= 11 is 0. The molecule has 3 aromatic carbocycles. The molecule has 2 bridgehead atoms. The fraction of sp³-hybridized carbons (Fsp3) is 0.250. The number of amides is 2. The number of aromatic nitrogens is 4. The van der Waals surface area contributed by atoms with Gasteiger partial charge in [0.2, 0.25) is 6.09 Å². The molecular weight excluding hydrogens is 781 g/mol. The smallest absolute Gasteiger partial charge is 0.669 e. The van der Waals surface area contributed by atoms with Crippen molar-refractivity contribution in [2.45, 2.75) is 37.3 Å². The van der Waals surface area contributed by atoms with E-state index in [2.05, 4.69) is 37.4 Å². The number of rotatable bonds is 7. The van der Waals surface area contributed by atoms with Gasteiger partial charge >= 0.3 is 37.1 Å². The quantitative estimate of drug-likeness (QED) is 0.0963. The monoisotopic (exact) mass is 813 g/mol. The van der Waals surface area contributed by atoms with E-state index in [0.717, 1.165) is 48.8 Å². The van der Waals surface area contributed by atoms with E-state index >= 15 is 8.78 Å². The number of carbonyl (C=O) groups is 1. The Morgan fingerprint density at radius 3 is 2.17 bits per heavy atom. The number of imidazole rings is 2. The number of alkyl halides is 2. The van der Waals surface area contributed by atoms with Gasteiger partial charge in [0, 0.05) is 28.6 Å². The Balaban J connectivity index is 0.000000467. The second-order valence-corrected chi connectivity index (χ2v) is 13.0. The Labute approximate surface area is 329 Å². The summed E-state index contributed by atoms with van der Waals surface area (Å²) in [4.78, 5) is 48.7. The minimum absolute atomic E-state index is 0. The molecule has 5 aromatic rings. The topological polar surface area (TPSA) is 178 Å². The normalized spacial score (nSPS) is 18.3. The van der Waals surface area contributed by atoms with Crippen LogP contribution in [0.15, 0.2) is 73.3 Å². The van der Waals surface area contributed by atoms with Crippen molar-refractivity contribution >= 4 is 43.7 Å². The molecular formula is C36H32F2N7O5PV2. The number of benzene rings is 3. The SMILES string of the molecule is C=C([NH-])OC.COC([NH-])=O.O=[C-]Pc1ncc(-c2ccc3c(c2)C(F)(F)c2cc(-c4ccc5nc([C@@H]6[C@H]7CC[C@H](C7)N6[C-]=O)[nH]c5c4)ccc2-3)[nH]1.[V+2].[V+2]. The molecule has 3 heterocycles. The molecule has 1 aliphatic heterocycles. The number of piperidine rings is 1. The maximum Gasteiger partial charge on any atom is 2.00 e.